The number of anilines is 1. The van der Waals surface area contributed by atoms with E-state index < -0.39 is 0 Å². The van der Waals surface area contributed by atoms with Gasteiger partial charge < -0.3 is 29.9 Å². The van der Waals surface area contributed by atoms with Gasteiger partial charge in [-0.25, -0.2) is 0 Å². The number of nitrogens with one attached hydrogen (secondary N) is 1. The predicted octanol–water partition coefficient (Wildman–Crippen LogP) is 1.68. The molecular weight excluding hydrogens is 398 g/mol. The number of aromatic nitrogens is 2. The van der Waals surface area contributed by atoms with E-state index in [9.17, 15) is 4.79 Å². The van der Waals surface area contributed by atoms with Crippen LogP contribution in [0.3, 0.4) is 0 Å². The van der Waals surface area contributed by atoms with E-state index in [4.69, 9.17) is 31.3 Å². The van der Waals surface area contributed by atoms with Gasteiger partial charge in [0.1, 0.15) is 5.75 Å². The van der Waals surface area contributed by atoms with Crippen LogP contribution in [0.25, 0.3) is 0 Å². The Labute approximate surface area is 174 Å². The second kappa shape index (κ2) is 9.43. The number of benzene rings is 1. The number of hydrogen-bond donors (Lipinski definition) is 2. The first kappa shape index (κ1) is 21.4. The van der Waals surface area contributed by atoms with Crippen molar-refractivity contribution in [2.24, 2.45) is 0 Å². The van der Waals surface area contributed by atoms with Crippen LogP contribution in [0.15, 0.2) is 16.7 Å². The van der Waals surface area contributed by atoms with Crippen molar-refractivity contribution in [1.29, 1.82) is 0 Å². The summed E-state index contributed by atoms with van der Waals surface area (Å²) in [5, 5.41) is 7.28. The summed E-state index contributed by atoms with van der Waals surface area (Å²) in [4.78, 5) is 19.3. The van der Waals surface area contributed by atoms with E-state index in [1.165, 1.54) is 13.2 Å². The minimum atomic E-state index is -0.272. The van der Waals surface area contributed by atoms with Crippen LogP contribution in [0.2, 0.25) is 5.02 Å². The summed E-state index contributed by atoms with van der Waals surface area (Å²) in [6, 6.07) is 2.94. The molecule has 9 nitrogen and oxygen atoms in total. The zero-order valence-electron chi connectivity index (χ0n) is 16.8. The fourth-order valence-electron chi connectivity index (χ4n) is 3.45. The molecule has 2 aromatic rings. The Morgan fingerprint density at radius 3 is 2.90 bits per heavy atom. The molecule has 2 unspecified atom stereocenters. The Morgan fingerprint density at radius 1 is 1.45 bits per heavy atom. The molecule has 29 heavy (non-hydrogen) atoms. The van der Waals surface area contributed by atoms with Gasteiger partial charge in [0, 0.05) is 46.2 Å². The van der Waals surface area contributed by atoms with Gasteiger partial charge in [-0.05, 0) is 12.5 Å². The third-order valence-electron chi connectivity index (χ3n) is 5.05. The molecule has 1 aromatic heterocycles. The molecule has 2 heterocycles. The third-order valence-corrected chi connectivity index (χ3v) is 5.37. The first-order valence-electron chi connectivity index (χ1n) is 9.39. The molecule has 1 fully saturated rings. The van der Waals surface area contributed by atoms with Crippen molar-refractivity contribution >= 4 is 23.2 Å². The van der Waals surface area contributed by atoms with Crippen LogP contribution in [0.5, 0.6) is 5.75 Å². The average molecular weight is 424 g/mol. The lowest BCUT2D eigenvalue weighted by molar-refractivity contribution is 0.00659. The molecular formula is C19H26ClN5O4. The number of carbonyl (C=O) groups excluding carboxylic acids is 1. The highest BCUT2D eigenvalue weighted by Crippen LogP contribution is 2.29. The van der Waals surface area contributed by atoms with E-state index in [-0.39, 0.29) is 18.1 Å². The number of aryl methyl sites for hydroxylation is 1. The highest BCUT2D eigenvalue weighted by molar-refractivity contribution is 6.33. The number of nitrogen functional groups attached to an aromatic ring is 1. The molecule has 1 aliphatic rings. The van der Waals surface area contributed by atoms with Gasteiger partial charge in [0.2, 0.25) is 5.89 Å². The molecule has 0 aliphatic carbocycles. The van der Waals surface area contributed by atoms with E-state index >= 15 is 0 Å². The largest absolute Gasteiger partial charge is 0.496 e. The summed E-state index contributed by atoms with van der Waals surface area (Å²) < 4.78 is 15.9. The van der Waals surface area contributed by atoms with Crippen molar-refractivity contribution in [2.45, 2.75) is 31.9 Å². The summed E-state index contributed by atoms with van der Waals surface area (Å²) in [5.41, 5.74) is 6.50. The first-order chi connectivity index (χ1) is 13.9. The lowest BCUT2D eigenvalue weighted by Gasteiger charge is -2.38. The number of nitrogens with zero attached hydrogens (tertiary/aromatic N) is 3. The Bertz CT molecular complexity index is 859. The normalized spacial score (nSPS) is 19.9. The topological polar surface area (TPSA) is 116 Å². The molecule has 0 spiro atoms. The molecule has 1 amide bonds. The lowest BCUT2D eigenvalue weighted by atomic mass is 10.0. The highest BCUT2D eigenvalue weighted by atomic mass is 35.5. The van der Waals surface area contributed by atoms with Gasteiger partial charge in [0.05, 0.1) is 35.5 Å². The van der Waals surface area contributed by atoms with Crippen LogP contribution >= 0.6 is 11.6 Å². The zero-order chi connectivity index (χ0) is 21.0. The summed E-state index contributed by atoms with van der Waals surface area (Å²) in [6.07, 6.45) is 1.31. The number of amides is 1. The van der Waals surface area contributed by atoms with Gasteiger partial charge in [0.15, 0.2) is 5.82 Å². The van der Waals surface area contributed by atoms with Gasteiger partial charge in [-0.3, -0.25) is 4.79 Å². The van der Waals surface area contributed by atoms with Crippen molar-refractivity contribution < 1.29 is 18.8 Å². The number of ether oxygens (including phenoxy) is 2. The van der Waals surface area contributed by atoms with Crippen molar-refractivity contribution in [3.8, 4) is 5.75 Å². The molecule has 2 atom stereocenters. The molecule has 0 radical (unpaired) electrons. The molecule has 10 heteroatoms. The van der Waals surface area contributed by atoms with Crippen LogP contribution in [0.4, 0.5) is 5.69 Å². The second-order valence-corrected chi connectivity index (χ2v) is 7.40. The van der Waals surface area contributed by atoms with E-state index in [1.54, 1.807) is 20.1 Å². The lowest BCUT2D eigenvalue weighted by Crippen LogP contribution is -2.55. The minimum absolute atomic E-state index is 0.128. The minimum Gasteiger partial charge on any atom is -0.496 e. The highest BCUT2D eigenvalue weighted by Gasteiger charge is 2.31. The van der Waals surface area contributed by atoms with Crippen LogP contribution in [0.1, 0.15) is 28.5 Å². The maximum Gasteiger partial charge on any atom is 0.255 e. The maximum atomic E-state index is 12.8. The number of carbonyl (C=O) groups is 1. The zero-order valence-corrected chi connectivity index (χ0v) is 17.5. The Hall–Kier alpha value is -2.36. The Kier molecular flexibility index (Phi) is 6.94. The molecule has 1 aliphatic heterocycles. The number of methoxy groups -OCH3 is 2. The maximum absolute atomic E-state index is 12.8. The monoisotopic (exact) mass is 423 g/mol. The molecule has 3 N–H and O–H groups in total. The molecule has 1 aromatic carbocycles. The van der Waals surface area contributed by atoms with Crippen LogP contribution in [-0.2, 0) is 11.2 Å². The van der Waals surface area contributed by atoms with E-state index in [0.29, 0.717) is 46.7 Å². The fraction of sp³-hybridized carbons (Fsp3) is 0.526. The van der Waals surface area contributed by atoms with Gasteiger partial charge >= 0.3 is 0 Å². The van der Waals surface area contributed by atoms with E-state index in [1.807, 2.05) is 0 Å². The first-order valence-corrected chi connectivity index (χ1v) is 9.77. The van der Waals surface area contributed by atoms with E-state index in [2.05, 4.69) is 20.4 Å². The molecule has 1 saturated heterocycles. The predicted molar refractivity (Wildman–Crippen MR) is 108 cm³/mol. The smallest absolute Gasteiger partial charge is 0.255 e. The summed E-state index contributed by atoms with van der Waals surface area (Å²) in [7, 11) is 3.14. The molecule has 3 rings (SSSR count). The average Bonchev–Trinajstić information content (AvgIpc) is 3.13. The van der Waals surface area contributed by atoms with Gasteiger partial charge in [-0.1, -0.05) is 16.8 Å². The number of halogens is 1. The molecule has 0 saturated carbocycles. The van der Waals surface area contributed by atoms with Crippen LogP contribution in [-0.4, -0.2) is 66.9 Å². The number of piperidine rings is 1. The summed E-state index contributed by atoms with van der Waals surface area (Å²) >= 11 is 6.08. The molecule has 158 valence electrons. The Balaban J connectivity index is 1.60. The standard InChI is InChI=1S/C19H26ClN5O4/c1-11-22-18(24-29-11)5-7-25-6-4-15(17(10-25)28-3)23-19(26)12-8-13(20)14(21)9-16(12)27-2/h8-9,15,17H,4-7,10,21H2,1-3H3,(H,23,26). The van der Waals surface area contributed by atoms with Crippen molar-refractivity contribution in [3.05, 3.63) is 34.4 Å². The van der Waals surface area contributed by atoms with Gasteiger partial charge in [-0.2, -0.15) is 4.98 Å². The quantitative estimate of drug-likeness (QED) is 0.646. The summed E-state index contributed by atoms with van der Waals surface area (Å²) in [6.45, 7) is 4.08. The van der Waals surface area contributed by atoms with Gasteiger partial charge in [0.25, 0.3) is 5.91 Å². The fourth-order valence-corrected chi connectivity index (χ4v) is 3.61. The van der Waals surface area contributed by atoms with Crippen molar-refractivity contribution in [2.75, 3.05) is 39.6 Å². The second-order valence-electron chi connectivity index (χ2n) is 7.00. The number of likely N-dealkylation sites (tertiary alicyclic amines) is 1. The van der Waals surface area contributed by atoms with Crippen LogP contribution < -0.4 is 15.8 Å². The third kappa shape index (κ3) is 5.17. The number of hydrogen-bond acceptors (Lipinski definition) is 8. The van der Waals surface area contributed by atoms with Crippen LogP contribution in [0, 0.1) is 6.92 Å². The molecule has 0 bridgehead atoms. The SMILES string of the molecule is COc1cc(N)c(Cl)cc1C(=O)NC1CCN(CCc2noc(C)n2)CC1OC. The Morgan fingerprint density at radius 2 is 2.24 bits per heavy atom. The van der Waals surface area contributed by atoms with Crippen molar-refractivity contribution in [3.63, 3.8) is 0 Å². The number of rotatable bonds is 7. The van der Waals surface area contributed by atoms with Gasteiger partial charge in [-0.15, -0.1) is 0 Å². The van der Waals surface area contributed by atoms with E-state index in [0.717, 1.165) is 19.5 Å². The summed E-state index contributed by atoms with van der Waals surface area (Å²) in [5.74, 6) is 1.37. The number of nitrogens with two attached hydrogens (primary N) is 1. The van der Waals surface area contributed by atoms with Crippen molar-refractivity contribution in [1.82, 2.24) is 20.4 Å².